The van der Waals surface area contributed by atoms with E-state index in [9.17, 15) is 0 Å². The summed E-state index contributed by atoms with van der Waals surface area (Å²) in [6.45, 7) is 10.4. The molecule has 24 aromatic rings. The van der Waals surface area contributed by atoms with Crippen LogP contribution >= 0.6 is 0 Å². The number of fused-ring (bicyclic) bond motifs is 29. The van der Waals surface area contributed by atoms with Gasteiger partial charge in [-0.15, -0.1) is 0 Å². The minimum absolute atomic E-state index is 0.743. The van der Waals surface area contributed by atoms with Gasteiger partial charge in [0.25, 0.3) is 0 Å². The van der Waals surface area contributed by atoms with Crippen LogP contribution in [0.4, 0.5) is 0 Å². The minimum Gasteiger partial charge on any atom is -0.456 e. The highest BCUT2D eigenvalue weighted by Gasteiger charge is 2.50. The second-order valence-corrected chi connectivity index (χ2v) is 42.4. The molecule has 0 atom stereocenters. The average Bonchev–Trinajstić information content (AvgIpc) is 1.50. The molecule has 6 nitrogen and oxygen atoms in total. The first-order valence-corrected chi connectivity index (χ1v) is 47.4. The van der Waals surface area contributed by atoms with Crippen molar-refractivity contribution in [1.29, 1.82) is 0 Å². The molecule has 6 aromatic heterocycles. The van der Waals surface area contributed by atoms with Gasteiger partial charge in [0.2, 0.25) is 0 Å². The average molecular weight is 1570 g/mol. The molecule has 2 aliphatic rings. The van der Waals surface area contributed by atoms with E-state index >= 15 is 0 Å². The van der Waals surface area contributed by atoms with Crippen molar-refractivity contribution < 1.29 is 26.5 Å². The molecule has 562 valence electrons. The summed E-state index contributed by atoms with van der Waals surface area (Å²) in [7, 11) is -5.28. The van der Waals surface area contributed by atoms with Crippen molar-refractivity contribution in [3.8, 4) is 122 Å². The Kier molecular flexibility index (Phi) is 14.0. The lowest BCUT2D eigenvalue weighted by Crippen LogP contribution is -2.63. The topological polar surface area (TPSA) is 78.8 Å². The normalized spacial score (nSPS) is 13.5. The Morgan fingerprint density at radius 2 is 0.467 bits per heavy atom. The van der Waals surface area contributed by atoms with Gasteiger partial charge in [-0.05, 0) is 182 Å². The molecular formula is C112H70O6Si2. The molecule has 0 bridgehead atoms. The van der Waals surface area contributed by atoms with Gasteiger partial charge in [-0.25, -0.2) is 0 Å². The van der Waals surface area contributed by atoms with Gasteiger partial charge in [0.1, 0.15) is 83.1 Å². The molecule has 0 radical (unpaired) electrons. The summed E-state index contributed by atoms with van der Waals surface area (Å²) in [6, 6.07) is 128. The molecule has 8 heteroatoms. The standard InChI is InChI=1S/C112H70O6Si2/c1-119(2)97-61-83(73-39-19-17-37-69(73)63-29-9-5-10-30-63)99-75-41-21-25-45-89(75)117-109(99)103(97)79-53-54-80-104-98(120(3,4)112(80)111(79)119)62-84(100-76-42-22-26-46-90(76)118-110(100)104)81-55-67(49-51-71(81)65-33-13-7-14-34-65)68-50-52-72(66-35-15-8-16-36-66)82(56-68)86-58-96-102(106-78-44-24-28-48-92(78)116-108(86)106)88-60-93-87(59-94(88)114-96)101-95(113-93)57-85(107-105(101)77-43-23-27-47-91(77)115-107)74-40-20-18-38-70(74)64-31-11-6-12-32-64/h5-62H,1-4H3. The van der Waals surface area contributed by atoms with Gasteiger partial charge in [0.05, 0.1) is 0 Å². The SMILES string of the molecule is C[Si]1(C)c2cc(-c3ccccc3-c3ccccc3)c3c(oc4ccccc43)c2-c2ccc3c(c21)[Si](C)(C)c1cc(-c2cc(-c4ccc(-c5ccccc5)c(-c5cc6oc7cc8c(cc7c6c6c5oc5ccccc56)oc5cc(-c6ccccc6-c6ccccc6)c6oc7ccccc7c6c58)c4)ccc2-c2ccccc2)c2c(oc4ccccc42)c1-3. The molecule has 0 saturated carbocycles. The van der Waals surface area contributed by atoms with Crippen molar-refractivity contribution in [2.75, 3.05) is 0 Å². The van der Waals surface area contributed by atoms with Crippen LogP contribution in [-0.2, 0) is 0 Å². The molecule has 0 aliphatic carbocycles. The molecule has 0 fully saturated rings. The Balaban J connectivity index is 0.664. The second kappa shape index (κ2) is 24.9. The second-order valence-electron chi connectivity index (χ2n) is 33.8. The number of para-hydroxylation sites is 4. The van der Waals surface area contributed by atoms with E-state index in [1.165, 1.54) is 70.6 Å². The highest BCUT2D eigenvalue weighted by Crippen LogP contribution is 2.55. The highest BCUT2D eigenvalue weighted by molar-refractivity contribution is 7.13. The number of hydrogen-bond acceptors (Lipinski definition) is 6. The third kappa shape index (κ3) is 9.42. The highest BCUT2D eigenvalue weighted by atomic mass is 28.3. The Bertz CT molecular complexity index is 8580. The van der Waals surface area contributed by atoms with Gasteiger partial charge in [-0.2, -0.15) is 0 Å². The maximum Gasteiger partial charge on any atom is 0.144 e. The summed E-state index contributed by atoms with van der Waals surface area (Å²) >= 11 is 0. The maximum absolute atomic E-state index is 7.52. The first kappa shape index (κ1) is 67.4. The number of benzene rings is 18. The van der Waals surface area contributed by atoms with Gasteiger partial charge in [0.15, 0.2) is 0 Å². The van der Waals surface area contributed by atoms with Gasteiger partial charge in [0, 0.05) is 86.9 Å². The van der Waals surface area contributed by atoms with Crippen LogP contribution < -0.4 is 20.7 Å². The summed E-state index contributed by atoms with van der Waals surface area (Å²) < 4.78 is 43.8. The fourth-order valence-corrected chi connectivity index (χ4v) is 29.8. The molecule has 0 spiro atoms. The summed E-state index contributed by atoms with van der Waals surface area (Å²) in [5, 5.41) is 18.2. The zero-order chi connectivity index (χ0) is 79.1. The van der Waals surface area contributed by atoms with Crippen LogP contribution in [-0.4, -0.2) is 16.1 Å². The summed E-state index contributed by atoms with van der Waals surface area (Å²) in [6.07, 6.45) is 0. The minimum atomic E-state index is -2.69. The van der Waals surface area contributed by atoms with Crippen molar-refractivity contribution in [3.63, 3.8) is 0 Å². The molecule has 0 saturated heterocycles. The molecule has 26 rings (SSSR count). The summed E-state index contributed by atoms with van der Waals surface area (Å²) in [5.41, 5.74) is 34.8. The first-order chi connectivity index (χ1) is 59.0. The lowest BCUT2D eigenvalue weighted by Gasteiger charge is -2.28. The van der Waals surface area contributed by atoms with Crippen LogP contribution in [0.3, 0.4) is 0 Å². The van der Waals surface area contributed by atoms with Crippen molar-refractivity contribution in [2.45, 2.75) is 26.2 Å². The lowest BCUT2D eigenvalue weighted by atomic mass is 9.86. The predicted molar refractivity (Wildman–Crippen MR) is 503 cm³/mol. The molecule has 18 aromatic carbocycles. The maximum atomic E-state index is 7.52. The predicted octanol–water partition coefficient (Wildman–Crippen LogP) is 29.7. The Morgan fingerprint density at radius 3 is 0.867 bits per heavy atom. The van der Waals surface area contributed by atoms with Crippen molar-refractivity contribution in [1.82, 2.24) is 0 Å². The third-order valence-electron chi connectivity index (χ3n) is 26.7. The van der Waals surface area contributed by atoms with E-state index in [0.717, 1.165) is 204 Å². The zero-order valence-corrected chi connectivity index (χ0v) is 67.9. The van der Waals surface area contributed by atoms with E-state index < -0.39 is 16.1 Å². The number of hydrogen-bond donors (Lipinski definition) is 0. The Morgan fingerprint density at radius 1 is 0.167 bits per heavy atom. The molecule has 0 amide bonds. The molecule has 8 heterocycles. The molecule has 2 aliphatic heterocycles. The van der Waals surface area contributed by atoms with Crippen LogP contribution in [0.1, 0.15) is 0 Å². The summed E-state index contributed by atoms with van der Waals surface area (Å²) in [5.74, 6) is 0. The van der Waals surface area contributed by atoms with Crippen LogP contribution in [0.2, 0.25) is 26.2 Å². The first-order valence-electron chi connectivity index (χ1n) is 41.4. The van der Waals surface area contributed by atoms with Crippen LogP contribution in [0.15, 0.2) is 378 Å². The van der Waals surface area contributed by atoms with Crippen LogP contribution in [0.5, 0.6) is 0 Å². The largest absolute Gasteiger partial charge is 0.456 e. The third-order valence-corrected chi connectivity index (χ3v) is 33.9. The monoisotopic (exact) mass is 1570 g/mol. The Hall–Kier alpha value is -14.8. The lowest BCUT2D eigenvalue weighted by molar-refractivity contribution is 0.661. The van der Waals surface area contributed by atoms with E-state index in [2.05, 4.69) is 372 Å². The van der Waals surface area contributed by atoms with Gasteiger partial charge >= 0.3 is 0 Å². The van der Waals surface area contributed by atoms with Gasteiger partial charge in [-0.1, -0.05) is 317 Å². The molecule has 120 heavy (non-hydrogen) atoms. The van der Waals surface area contributed by atoms with Crippen molar-refractivity contribution in [3.05, 3.63) is 352 Å². The molecule has 0 unspecified atom stereocenters. The Labute approximate surface area is 690 Å². The van der Waals surface area contributed by atoms with E-state index in [1.54, 1.807) is 0 Å². The van der Waals surface area contributed by atoms with E-state index in [1.807, 2.05) is 6.07 Å². The van der Waals surface area contributed by atoms with E-state index in [0.29, 0.717) is 0 Å². The van der Waals surface area contributed by atoms with Crippen LogP contribution in [0, 0.1) is 0 Å². The van der Waals surface area contributed by atoms with Crippen molar-refractivity contribution in [2.24, 2.45) is 0 Å². The smallest absolute Gasteiger partial charge is 0.144 e. The summed E-state index contributed by atoms with van der Waals surface area (Å²) in [4.78, 5) is 0. The number of rotatable bonds is 9. The van der Waals surface area contributed by atoms with Crippen molar-refractivity contribution >= 4 is 169 Å². The molecular weight excluding hydrogens is 1500 g/mol. The quantitative estimate of drug-likeness (QED) is 0.134. The fourth-order valence-electron chi connectivity index (χ4n) is 21.3. The van der Waals surface area contributed by atoms with Crippen LogP contribution in [0.25, 0.3) is 254 Å². The van der Waals surface area contributed by atoms with Gasteiger partial charge < -0.3 is 26.5 Å². The molecule has 0 N–H and O–H groups in total. The zero-order valence-electron chi connectivity index (χ0n) is 65.9. The van der Waals surface area contributed by atoms with E-state index in [-0.39, 0.29) is 0 Å². The number of furan rings is 6. The van der Waals surface area contributed by atoms with E-state index in [4.69, 9.17) is 26.5 Å². The van der Waals surface area contributed by atoms with Gasteiger partial charge in [-0.3, -0.25) is 0 Å². The fraction of sp³-hybridized carbons (Fsp3) is 0.0357.